The molecule has 1 aromatic rings. The molecule has 4 heteroatoms. The Morgan fingerprint density at radius 2 is 1.92 bits per heavy atom. The van der Waals surface area contributed by atoms with Gasteiger partial charge in [0.15, 0.2) is 17.3 Å². The number of methoxy groups -OCH3 is 2. The van der Waals surface area contributed by atoms with Gasteiger partial charge in [0.1, 0.15) is 0 Å². The molecule has 0 spiro atoms. The maximum absolute atomic E-state index is 13.1. The first-order valence-corrected chi connectivity index (χ1v) is 3.36. The highest BCUT2D eigenvalue weighted by Crippen LogP contribution is 2.32. The number of halogens is 1. The van der Waals surface area contributed by atoms with Crippen LogP contribution in [0, 0.1) is 5.82 Å². The fourth-order valence-corrected chi connectivity index (χ4v) is 0.905. The monoisotopic (exact) mass is 171 g/mol. The number of rotatable bonds is 2. The van der Waals surface area contributed by atoms with Crippen LogP contribution >= 0.6 is 0 Å². The Hall–Kier alpha value is -1.45. The summed E-state index contributed by atoms with van der Waals surface area (Å²) in [6.07, 6.45) is 0. The van der Waals surface area contributed by atoms with Gasteiger partial charge in [-0.2, -0.15) is 0 Å². The molecule has 3 nitrogen and oxygen atoms in total. The Labute approximate surface area is 69.9 Å². The molecule has 0 unspecified atom stereocenters. The van der Waals surface area contributed by atoms with E-state index in [-0.39, 0.29) is 11.4 Å². The molecule has 0 aliphatic carbocycles. The fourth-order valence-electron chi connectivity index (χ4n) is 0.905. The van der Waals surface area contributed by atoms with Gasteiger partial charge in [0.25, 0.3) is 0 Å². The first-order valence-electron chi connectivity index (χ1n) is 3.36. The lowest BCUT2D eigenvalue weighted by Gasteiger charge is -2.08. The Morgan fingerprint density at radius 1 is 1.25 bits per heavy atom. The lowest BCUT2D eigenvalue weighted by Crippen LogP contribution is -1.97. The van der Waals surface area contributed by atoms with E-state index in [9.17, 15) is 4.39 Å². The van der Waals surface area contributed by atoms with E-state index in [1.54, 1.807) is 6.07 Å². The van der Waals surface area contributed by atoms with Crippen LogP contribution in [0.3, 0.4) is 0 Å². The van der Waals surface area contributed by atoms with E-state index < -0.39 is 5.82 Å². The highest BCUT2D eigenvalue weighted by Gasteiger charge is 2.11. The maximum atomic E-state index is 13.1. The van der Waals surface area contributed by atoms with Gasteiger partial charge in [0.2, 0.25) is 0 Å². The SMILES string of the molecule is COc1ccc(N)c(F)c1OC. The minimum Gasteiger partial charge on any atom is -0.493 e. The van der Waals surface area contributed by atoms with Crippen molar-refractivity contribution in [3.8, 4) is 11.5 Å². The number of ether oxygens (including phenoxy) is 2. The van der Waals surface area contributed by atoms with Crippen molar-refractivity contribution >= 4 is 5.69 Å². The molecule has 0 amide bonds. The van der Waals surface area contributed by atoms with Crippen molar-refractivity contribution in [2.45, 2.75) is 0 Å². The Kier molecular flexibility index (Phi) is 2.38. The van der Waals surface area contributed by atoms with Crippen LogP contribution in [0.2, 0.25) is 0 Å². The number of hydrogen-bond donors (Lipinski definition) is 1. The quantitative estimate of drug-likeness (QED) is 0.684. The molecule has 0 aromatic heterocycles. The standard InChI is InChI=1S/C8H10FNO2/c1-11-6-4-3-5(10)7(9)8(6)12-2/h3-4H,10H2,1-2H3. The van der Waals surface area contributed by atoms with Gasteiger partial charge in [-0.25, -0.2) is 4.39 Å². The molecule has 0 heterocycles. The fraction of sp³-hybridized carbons (Fsp3) is 0.250. The first kappa shape index (κ1) is 8.64. The van der Waals surface area contributed by atoms with E-state index in [4.69, 9.17) is 15.2 Å². The summed E-state index contributed by atoms with van der Waals surface area (Å²) in [6, 6.07) is 2.98. The molecule has 2 N–H and O–H groups in total. The second-order valence-corrected chi connectivity index (χ2v) is 2.20. The van der Waals surface area contributed by atoms with Gasteiger partial charge in [0.05, 0.1) is 19.9 Å². The second-order valence-electron chi connectivity index (χ2n) is 2.20. The molecule has 12 heavy (non-hydrogen) atoms. The largest absolute Gasteiger partial charge is 0.493 e. The summed E-state index contributed by atoms with van der Waals surface area (Å²) in [6.45, 7) is 0. The third kappa shape index (κ3) is 1.28. The van der Waals surface area contributed by atoms with Crippen LogP contribution in [0.1, 0.15) is 0 Å². The van der Waals surface area contributed by atoms with Crippen LogP contribution in [-0.2, 0) is 0 Å². The zero-order chi connectivity index (χ0) is 9.14. The second kappa shape index (κ2) is 3.30. The first-order chi connectivity index (χ1) is 5.70. The highest BCUT2D eigenvalue weighted by atomic mass is 19.1. The van der Waals surface area contributed by atoms with E-state index in [1.165, 1.54) is 20.3 Å². The number of benzene rings is 1. The molecule has 0 radical (unpaired) electrons. The summed E-state index contributed by atoms with van der Waals surface area (Å²) in [4.78, 5) is 0. The number of hydrogen-bond acceptors (Lipinski definition) is 3. The average molecular weight is 171 g/mol. The maximum Gasteiger partial charge on any atom is 0.198 e. The molecule has 0 saturated heterocycles. The van der Waals surface area contributed by atoms with Crippen molar-refractivity contribution in [1.29, 1.82) is 0 Å². The zero-order valence-electron chi connectivity index (χ0n) is 6.93. The summed E-state index contributed by atoms with van der Waals surface area (Å²) in [7, 11) is 2.80. The summed E-state index contributed by atoms with van der Waals surface area (Å²) in [5.74, 6) is -0.210. The molecule has 0 aliphatic rings. The summed E-state index contributed by atoms with van der Waals surface area (Å²) in [5.41, 5.74) is 5.36. The zero-order valence-corrected chi connectivity index (χ0v) is 6.93. The van der Waals surface area contributed by atoms with Crippen LogP contribution in [0.15, 0.2) is 12.1 Å². The van der Waals surface area contributed by atoms with Crippen LogP contribution in [0.4, 0.5) is 10.1 Å². The minimum atomic E-state index is -0.586. The van der Waals surface area contributed by atoms with Gasteiger partial charge in [-0.05, 0) is 12.1 Å². The van der Waals surface area contributed by atoms with Crippen molar-refractivity contribution in [3.63, 3.8) is 0 Å². The normalized spacial score (nSPS) is 9.58. The minimum absolute atomic E-state index is 0.0394. The molecular formula is C8H10FNO2. The third-order valence-electron chi connectivity index (χ3n) is 1.51. The molecule has 0 bridgehead atoms. The predicted molar refractivity (Wildman–Crippen MR) is 43.9 cm³/mol. The molecular weight excluding hydrogens is 161 g/mol. The molecule has 1 aromatic carbocycles. The Bertz CT molecular complexity index is 289. The lowest BCUT2D eigenvalue weighted by atomic mass is 10.2. The van der Waals surface area contributed by atoms with Crippen molar-refractivity contribution in [3.05, 3.63) is 17.9 Å². The highest BCUT2D eigenvalue weighted by molar-refractivity contribution is 5.53. The molecule has 0 saturated carbocycles. The summed E-state index contributed by atoms with van der Waals surface area (Å²) < 4.78 is 22.7. The van der Waals surface area contributed by atoms with Gasteiger partial charge >= 0.3 is 0 Å². The lowest BCUT2D eigenvalue weighted by molar-refractivity contribution is 0.338. The Balaban J connectivity index is 3.25. The molecule has 0 atom stereocenters. The number of anilines is 1. The van der Waals surface area contributed by atoms with Gasteiger partial charge in [0, 0.05) is 0 Å². The van der Waals surface area contributed by atoms with E-state index in [0.29, 0.717) is 5.75 Å². The van der Waals surface area contributed by atoms with Gasteiger partial charge in [-0.1, -0.05) is 0 Å². The smallest absolute Gasteiger partial charge is 0.198 e. The molecule has 1 rings (SSSR count). The summed E-state index contributed by atoms with van der Waals surface area (Å²) in [5, 5.41) is 0. The average Bonchev–Trinajstić information content (AvgIpc) is 2.09. The topological polar surface area (TPSA) is 44.5 Å². The van der Waals surface area contributed by atoms with E-state index in [0.717, 1.165) is 0 Å². The van der Waals surface area contributed by atoms with E-state index in [2.05, 4.69) is 0 Å². The van der Waals surface area contributed by atoms with Gasteiger partial charge in [-0.15, -0.1) is 0 Å². The van der Waals surface area contributed by atoms with Crippen molar-refractivity contribution in [2.24, 2.45) is 0 Å². The van der Waals surface area contributed by atoms with Crippen LogP contribution < -0.4 is 15.2 Å². The molecule has 0 aliphatic heterocycles. The van der Waals surface area contributed by atoms with Crippen LogP contribution in [-0.4, -0.2) is 14.2 Å². The van der Waals surface area contributed by atoms with Crippen LogP contribution in [0.25, 0.3) is 0 Å². The summed E-state index contributed by atoms with van der Waals surface area (Å²) >= 11 is 0. The van der Waals surface area contributed by atoms with Crippen molar-refractivity contribution < 1.29 is 13.9 Å². The Morgan fingerprint density at radius 3 is 2.42 bits per heavy atom. The van der Waals surface area contributed by atoms with Crippen LogP contribution in [0.5, 0.6) is 11.5 Å². The molecule has 0 fully saturated rings. The number of nitrogens with two attached hydrogens (primary N) is 1. The predicted octanol–water partition coefficient (Wildman–Crippen LogP) is 1.43. The number of nitrogen functional groups attached to an aromatic ring is 1. The third-order valence-corrected chi connectivity index (χ3v) is 1.51. The van der Waals surface area contributed by atoms with E-state index >= 15 is 0 Å². The van der Waals surface area contributed by atoms with Gasteiger partial charge < -0.3 is 15.2 Å². The van der Waals surface area contributed by atoms with Crippen molar-refractivity contribution in [1.82, 2.24) is 0 Å². The molecule has 66 valence electrons. The van der Waals surface area contributed by atoms with E-state index in [1.807, 2.05) is 0 Å². The van der Waals surface area contributed by atoms with Crippen molar-refractivity contribution in [2.75, 3.05) is 20.0 Å². The van der Waals surface area contributed by atoms with Gasteiger partial charge in [-0.3, -0.25) is 0 Å².